The number of methoxy groups -OCH3 is 1. The van der Waals surface area contributed by atoms with Gasteiger partial charge in [0, 0.05) is 18.5 Å². The molecule has 0 N–H and O–H groups in total. The van der Waals surface area contributed by atoms with Crippen molar-refractivity contribution in [3.8, 4) is 5.75 Å². The predicted molar refractivity (Wildman–Crippen MR) is 93.4 cm³/mol. The summed E-state index contributed by atoms with van der Waals surface area (Å²) < 4.78 is 11.2. The van der Waals surface area contributed by atoms with Gasteiger partial charge in [-0.3, -0.25) is 4.79 Å². The van der Waals surface area contributed by atoms with E-state index in [0.29, 0.717) is 24.5 Å². The topological polar surface area (TPSA) is 38.8 Å². The normalized spacial score (nSPS) is 20.7. The van der Waals surface area contributed by atoms with Crippen molar-refractivity contribution < 1.29 is 14.3 Å². The van der Waals surface area contributed by atoms with Crippen molar-refractivity contribution in [1.29, 1.82) is 0 Å². The number of carbonyl (C=O) groups excluding carboxylic acids is 1. The third-order valence-electron chi connectivity index (χ3n) is 4.39. The van der Waals surface area contributed by atoms with Crippen LogP contribution in [0.2, 0.25) is 0 Å². The summed E-state index contributed by atoms with van der Waals surface area (Å²) >= 11 is 0. The van der Waals surface area contributed by atoms with E-state index in [1.54, 1.807) is 13.2 Å². The first-order chi connectivity index (χ1) is 11.7. The molecule has 2 aromatic rings. The van der Waals surface area contributed by atoms with Crippen LogP contribution in [0.25, 0.3) is 0 Å². The Kier molecular flexibility index (Phi) is 5.16. The summed E-state index contributed by atoms with van der Waals surface area (Å²) in [5, 5.41) is 0. The molecule has 1 heterocycles. The molecule has 2 atom stereocenters. The van der Waals surface area contributed by atoms with Crippen molar-refractivity contribution in [2.75, 3.05) is 20.3 Å². The number of rotatable bonds is 4. The maximum atomic E-state index is 12.9. The molecule has 3 rings (SSSR count). The van der Waals surface area contributed by atoms with Crippen LogP contribution in [0.5, 0.6) is 5.75 Å². The highest BCUT2D eigenvalue weighted by Crippen LogP contribution is 2.20. The zero-order valence-electron chi connectivity index (χ0n) is 14.1. The van der Waals surface area contributed by atoms with Gasteiger partial charge in [0.15, 0.2) is 0 Å². The molecular formula is C20H23NO3. The Hall–Kier alpha value is -2.33. The van der Waals surface area contributed by atoms with Crippen LogP contribution >= 0.6 is 0 Å². The molecule has 1 amide bonds. The first-order valence-electron chi connectivity index (χ1n) is 8.28. The molecule has 4 heteroatoms. The molecule has 2 unspecified atom stereocenters. The summed E-state index contributed by atoms with van der Waals surface area (Å²) in [5.74, 6) is 0.727. The van der Waals surface area contributed by atoms with Crippen LogP contribution in [0.1, 0.15) is 22.8 Å². The van der Waals surface area contributed by atoms with Crippen molar-refractivity contribution in [2.45, 2.75) is 25.5 Å². The van der Waals surface area contributed by atoms with Gasteiger partial charge in [-0.1, -0.05) is 36.4 Å². The van der Waals surface area contributed by atoms with Crippen molar-refractivity contribution in [3.63, 3.8) is 0 Å². The monoisotopic (exact) mass is 325 g/mol. The second-order valence-corrected chi connectivity index (χ2v) is 6.18. The van der Waals surface area contributed by atoms with Crippen LogP contribution in [0.15, 0.2) is 54.6 Å². The average Bonchev–Trinajstić information content (AvgIpc) is 2.63. The molecule has 126 valence electrons. The Morgan fingerprint density at radius 3 is 2.75 bits per heavy atom. The quantitative estimate of drug-likeness (QED) is 0.867. The number of morpholine rings is 1. The predicted octanol–water partition coefficient (Wildman–Crippen LogP) is 3.17. The molecule has 0 bridgehead atoms. The summed E-state index contributed by atoms with van der Waals surface area (Å²) in [4.78, 5) is 14.8. The molecular weight excluding hydrogens is 302 g/mol. The minimum atomic E-state index is 0.0261. The molecule has 0 aliphatic carbocycles. The first-order valence-corrected chi connectivity index (χ1v) is 8.28. The zero-order valence-corrected chi connectivity index (χ0v) is 14.1. The van der Waals surface area contributed by atoms with Crippen LogP contribution in [-0.4, -0.2) is 43.2 Å². The third-order valence-corrected chi connectivity index (χ3v) is 4.39. The minimum absolute atomic E-state index is 0.0261. The lowest BCUT2D eigenvalue weighted by molar-refractivity contribution is -0.0464. The van der Waals surface area contributed by atoms with E-state index in [2.05, 4.69) is 12.1 Å². The maximum Gasteiger partial charge on any atom is 0.254 e. The number of hydrogen-bond donors (Lipinski definition) is 0. The van der Waals surface area contributed by atoms with Gasteiger partial charge in [-0.25, -0.2) is 0 Å². The Morgan fingerprint density at radius 2 is 2.00 bits per heavy atom. The summed E-state index contributed by atoms with van der Waals surface area (Å²) in [5.41, 5.74) is 1.88. The molecule has 0 spiro atoms. The molecule has 4 nitrogen and oxygen atoms in total. The molecule has 0 radical (unpaired) electrons. The maximum absolute atomic E-state index is 12.9. The minimum Gasteiger partial charge on any atom is -0.497 e. The lowest BCUT2D eigenvalue weighted by atomic mass is 10.0. The fraction of sp³-hybridized carbons (Fsp3) is 0.350. The molecule has 1 saturated heterocycles. The smallest absolute Gasteiger partial charge is 0.254 e. The van der Waals surface area contributed by atoms with Crippen LogP contribution in [-0.2, 0) is 11.2 Å². The lowest BCUT2D eigenvalue weighted by Crippen LogP contribution is -2.51. The van der Waals surface area contributed by atoms with E-state index in [0.717, 1.165) is 6.42 Å². The van der Waals surface area contributed by atoms with E-state index in [9.17, 15) is 4.79 Å². The van der Waals surface area contributed by atoms with E-state index in [4.69, 9.17) is 9.47 Å². The number of hydrogen-bond acceptors (Lipinski definition) is 3. The lowest BCUT2D eigenvalue weighted by Gasteiger charge is -2.38. The van der Waals surface area contributed by atoms with Gasteiger partial charge in [-0.05, 0) is 30.7 Å². The van der Waals surface area contributed by atoms with Crippen molar-refractivity contribution in [1.82, 2.24) is 4.90 Å². The highest BCUT2D eigenvalue weighted by atomic mass is 16.5. The number of nitrogens with zero attached hydrogens (tertiary/aromatic N) is 1. The average molecular weight is 325 g/mol. The molecule has 1 aliphatic heterocycles. The van der Waals surface area contributed by atoms with E-state index < -0.39 is 0 Å². The van der Waals surface area contributed by atoms with Crippen molar-refractivity contribution in [3.05, 3.63) is 65.7 Å². The van der Waals surface area contributed by atoms with Gasteiger partial charge in [0.25, 0.3) is 5.91 Å². The van der Waals surface area contributed by atoms with Gasteiger partial charge in [0.1, 0.15) is 5.75 Å². The van der Waals surface area contributed by atoms with E-state index in [1.165, 1.54) is 5.56 Å². The Labute approximate surface area is 143 Å². The largest absolute Gasteiger partial charge is 0.497 e. The fourth-order valence-electron chi connectivity index (χ4n) is 3.02. The molecule has 0 saturated carbocycles. The molecule has 2 aromatic carbocycles. The van der Waals surface area contributed by atoms with E-state index in [-0.39, 0.29) is 18.1 Å². The Bertz CT molecular complexity index is 686. The standard InChI is InChI=1S/C20H23NO3/c1-15-14-24-19(11-16-7-4-3-5-8-16)13-21(15)20(22)17-9-6-10-18(12-17)23-2/h3-10,12,15,19H,11,13-14H2,1-2H3. The van der Waals surface area contributed by atoms with Crippen LogP contribution in [0, 0.1) is 0 Å². The molecule has 1 fully saturated rings. The van der Waals surface area contributed by atoms with Gasteiger partial charge in [0.05, 0.1) is 25.9 Å². The number of carbonyl (C=O) groups is 1. The number of benzene rings is 2. The van der Waals surface area contributed by atoms with Gasteiger partial charge >= 0.3 is 0 Å². The van der Waals surface area contributed by atoms with E-state index in [1.807, 2.05) is 48.2 Å². The second kappa shape index (κ2) is 7.49. The molecule has 0 aromatic heterocycles. The summed E-state index contributed by atoms with van der Waals surface area (Å²) in [7, 11) is 1.61. The van der Waals surface area contributed by atoms with Crippen molar-refractivity contribution in [2.24, 2.45) is 0 Å². The van der Waals surface area contributed by atoms with Crippen molar-refractivity contribution >= 4 is 5.91 Å². The molecule has 1 aliphatic rings. The molecule has 24 heavy (non-hydrogen) atoms. The zero-order chi connectivity index (χ0) is 16.9. The highest BCUT2D eigenvalue weighted by molar-refractivity contribution is 5.94. The van der Waals surface area contributed by atoms with Crippen LogP contribution in [0.3, 0.4) is 0 Å². The third kappa shape index (κ3) is 3.77. The van der Waals surface area contributed by atoms with Crippen LogP contribution in [0.4, 0.5) is 0 Å². The number of ether oxygens (including phenoxy) is 2. The summed E-state index contributed by atoms with van der Waals surface area (Å²) in [6.45, 7) is 3.19. The van der Waals surface area contributed by atoms with Gasteiger partial charge in [-0.2, -0.15) is 0 Å². The summed E-state index contributed by atoms with van der Waals surface area (Å²) in [6.07, 6.45) is 0.841. The van der Waals surface area contributed by atoms with Crippen LogP contribution < -0.4 is 4.74 Å². The number of amides is 1. The fourth-order valence-corrected chi connectivity index (χ4v) is 3.02. The van der Waals surface area contributed by atoms with E-state index >= 15 is 0 Å². The highest BCUT2D eigenvalue weighted by Gasteiger charge is 2.30. The second-order valence-electron chi connectivity index (χ2n) is 6.18. The SMILES string of the molecule is COc1cccc(C(=O)N2CC(Cc3ccccc3)OCC2C)c1. The van der Waals surface area contributed by atoms with Gasteiger partial charge in [-0.15, -0.1) is 0 Å². The Morgan fingerprint density at radius 1 is 1.21 bits per heavy atom. The Balaban J connectivity index is 1.72. The summed E-state index contributed by atoms with van der Waals surface area (Å²) in [6, 6.07) is 17.6. The van der Waals surface area contributed by atoms with Gasteiger partial charge < -0.3 is 14.4 Å². The first kappa shape index (κ1) is 16.5. The van der Waals surface area contributed by atoms with Gasteiger partial charge in [0.2, 0.25) is 0 Å².